The average Bonchev–Trinajstić information content (AvgIpc) is 2.37. The van der Waals surface area contributed by atoms with Crippen LogP contribution in [0.4, 0.5) is 5.69 Å². The Kier molecular flexibility index (Phi) is 6.43. The lowest BCUT2D eigenvalue weighted by atomic mass is 10.2. The van der Waals surface area contributed by atoms with Gasteiger partial charge in [0.25, 0.3) is 0 Å². The van der Waals surface area contributed by atoms with Crippen LogP contribution in [0.15, 0.2) is 24.3 Å². The highest BCUT2D eigenvalue weighted by atomic mass is 16.5. The monoisotopic (exact) mass is 277 g/mol. The second kappa shape index (κ2) is 8.09. The third-order valence-electron chi connectivity index (χ3n) is 2.51. The Morgan fingerprint density at radius 3 is 2.35 bits per heavy atom. The minimum atomic E-state index is -0.356. The minimum absolute atomic E-state index is 0.145. The number of ether oxygens (including phenoxy) is 1. The standard InChI is InChI=1S/C15H19NO4/c1-3-4-5-15(19)20-13-8-6-12(7-9-13)16-14(18)10-11(2)17/h6-9H,3-5,10H2,1-2H3,(H,16,18). The lowest BCUT2D eigenvalue weighted by Gasteiger charge is -2.06. The summed E-state index contributed by atoms with van der Waals surface area (Å²) in [6.45, 7) is 3.37. The largest absolute Gasteiger partial charge is 0.427 e. The predicted molar refractivity (Wildman–Crippen MR) is 75.5 cm³/mol. The van der Waals surface area contributed by atoms with Gasteiger partial charge in [-0.25, -0.2) is 0 Å². The van der Waals surface area contributed by atoms with E-state index < -0.39 is 0 Å². The van der Waals surface area contributed by atoms with E-state index in [0.29, 0.717) is 17.9 Å². The summed E-state index contributed by atoms with van der Waals surface area (Å²) in [6.07, 6.45) is 2.00. The topological polar surface area (TPSA) is 72.5 Å². The molecular formula is C15H19NO4. The molecule has 0 bridgehead atoms. The second-order valence-electron chi connectivity index (χ2n) is 4.53. The van der Waals surface area contributed by atoms with Gasteiger partial charge in [-0.3, -0.25) is 14.4 Å². The fourth-order valence-corrected chi connectivity index (χ4v) is 1.54. The van der Waals surface area contributed by atoms with Crippen molar-refractivity contribution in [3.05, 3.63) is 24.3 Å². The van der Waals surface area contributed by atoms with Crippen molar-refractivity contribution in [2.45, 2.75) is 39.5 Å². The quantitative estimate of drug-likeness (QED) is 0.472. The van der Waals surface area contributed by atoms with Gasteiger partial charge >= 0.3 is 5.97 Å². The maximum atomic E-state index is 11.4. The number of benzene rings is 1. The van der Waals surface area contributed by atoms with Gasteiger partial charge in [0.15, 0.2) is 0 Å². The molecule has 0 saturated carbocycles. The molecule has 108 valence electrons. The normalized spacial score (nSPS) is 9.90. The molecule has 20 heavy (non-hydrogen) atoms. The minimum Gasteiger partial charge on any atom is -0.427 e. The van der Waals surface area contributed by atoms with Gasteiger partial charge in [0.1, 0.15) is 11.5 Å². The molecule has 1 amide bonds. The molecule has 0 heterocycles. The lowest BCUT2D eigenvalue weighted by Crippen LogP contribution is -2.14. The summed E-state index contributed by atoms with van der Waals surface area (Å²) in [4.78, 5) is 33.6. The van der Waals surface area contributed by atoms with Gasteiger partial charge < -0.3 is 10.1 Å². The number of carbonyl (C=O) groups excluding carboxylic acids is 3. The molecule has 0 fully saturated rings. The summed E-state index contributed by atoms with van der Waals surface area (Å²) in [5.74, 6) is -0.370. The van der Waals surface area contributed by atoms with Gasteiger partial charge in [-0.15, -0.1) is 0 Å². The highest BCUT2D eigenvalue weighted by Crippen LogP contribution is 2.16. The van der Waals surface area contributed by atoms with Crippen molar-refractivity contribution in [1.29, 1.82) is 0 Å². The van der Waals surface area contributed by atoms with Gasteiger partial charge in [-0.1, -0.05) is 13.3 Å². The zero-order chi connectivity index (χ0) is 15.0. The van der Waals surface area contributed by atoms with Crippen LogP contribution in [-0.2, 0) is 14.4 Å². The Hall–Kier alpha value is -2.17. The molecule has 0 aliphatic carbocycles. The Labute approximate surface area is 118 Å². The van der Waals surface area contributed by atoms with Crippen LogP contribution in [0, 0.1) is 0 Å². The number of hydrogen-bond acceptors (Lipinski definition) is 4. The first-order valence-corrected chi connectivity index (χ1v) is 6.61. The molecule has 1 rings (SSSR count). The molecule has 1 aromatic carbocycles. The zero-order valence-corrected chi connectivity index (χ0v) is 11.8. The number of hydrogen-bond donors (Lipinski definition) is 1. The van der Waals surface area contributed by atoms with Crippen LogP contribution in [0.25, 0.3) is 0 Å². The molecule has 0 unspecified atom stereocenters. The molecule has 0 radical (unpaired) electrons. The summed E-state index contributed by atoms with van der Waals surface area (Å²) < 4.78 is 5.14. The number of amides is 1. The van der Waals surface area contributed by atoms with Crippen molar-refractivity contribution >= 4 is 23.3 Å². The first-order valence-electron chi connectivity index (χ1n) is 6.61. The maximum absolute atomic E-state index is 11.4. The molecule has 0 spiro atoms. The fraction of sp³-hybridized carbons (Fsp3) is 0.400. The molecule has 0 aliphatic rings. The molecule has 5 nitrogen and oxygen atoms in total. The Morgan fingerprint density at radius 2 is 1.80 bits per heavy atom. The van der Waals surface area contributed by atoms with Crippen molar-refractivity contribution in [1.82, 2.24) is 0 Å². The number of rotatable bonds is 7. The van der Waals surface area contributed by atoms with Crippen molar-refractivity contribution < 1.29 is 19.1 Å². The van der Waals surface area contributed by atoms with Gasteiger partial charge in [0.2, 0.25) is 5.91 Å². The van der Waals surface area contributed by atoms with E-state index in [4.69, 9.17) is 4.74 Å². The van der Waals surface area contributed by atoms with Gasteiger partial charge in [0, 0.05) is 12.1 Å². The number of anilines is 1. The molecule has 1 N–H and O–H groups in total. The maximum Gasteiger partial charge on any atom is 0.311 e. The van der Waals surface area contributed by atoms with E-state index in [1.165, 1.54) is 6.92 Å². The molecular weight excluding hydrogens is 258 g/mol. The number of Topliss-reactive ketones (excluding diaryl/α,β-unsaturated/α-hetero) is 1. The molecule has 0 aliphatic heterocycles. The summed E-state index contributed by atoms with van der Waals surface area (Å²) in [6, 6.07) is 6.46. The number of ketones is 1. The molecule has 1 aromatic rings. The van der Waals surface area contributed by atoms with E-state index in [2.05, 4.69) is 5.32 Å². The van der Waals surface area contributed by atoms with E-state index in [9.17, 15) is 14.4 Å². The first kappa shape index (κ1) is 15.9. The Balaban J connectivity index is 2.49. The molecule has 0 saturated heterocycles. The smallest absolute Gasteiger partial charge is 0.311 e. The van der Waals surface area contributed by atoms with Crippen LogP contribution in [0.3, 0.4) is 0 Å². The van der Waals surface area contributed by atoms with Crippen LogP contribution >= 0.6 is 0 Å². The van der Waals surface area contributed by atoms with E-state index in [1.807, 2.05) is 6.92 Å². The van der Waals surface area contributed by atoms with Crippen molar-refractivity contribution in [2.75, 3.05) is 5.32 Å². The highest BCUT2D eigenvalue weighted by molar-refractivity contribution is 6.03. The zero-order valence-electron chi connectivity index (χ0n) is 11.8. The fourth-order valence-electron chi connectivity index (χ4n) is 1.54. The van der Waals surface area contributed by atoms with Crippen molar-refractivity contribution in [3.63, 3.8) is 0 Å². The van der Waals surface area contributed by atoms with E-state index in [0.717, 1.165) is 12.8 Å². The van der Waals surface area contributed by atoms with E-state index in [-0.39, 0.29) is 24.1 Å². The van der Waals surface area contributed by atoms with Gasteiger partial charge in [0.05, 0.1) is 6.42 Å². The van der Waals surface area contributed by atoms with E-state index >= 15 is 0 Å². The molecule has 5 heteroatoms. The number of nitrogens with one attached hydrogen (secondary N) is 1. The summed E-state index contributed by atoms with van der Waals surface area (Å²) in [7, 11) is 0. The van der Waals surface area contributed by atoms with Crippen LogP contribution in [0.1, 0.15) is 39.5 Å². The van der Waals surface area contributed by atoms with Gasteiger partial charge in [-0.05, 0) is 37.6 Å². The van der Waals surface area contributed by atoms with Crippen molar-refractivity contribution in [3.8, 4) is 5.75 Å². The Morgan fingerprint density at radius 1 is 1.15 bits per heavy atom. The first-order chi connectivity index (χ1) is 9.51. The molecule has 0 aromatic heterocycles. The van der Waals surface area contributed by atoms with Crippen LogP contribution in [-0.4, -0.2) is 17.7 Å². The summed E-state index contributed by atoms with van der Waals surface area (Å²) >= 11 is 0. The Bertz CT molecular complexity index is 479. The van der Waals surface area contributed by atoms with Crippen LogP contribution in [0.5, 0.6) is 5.75 Å². The van der Waals surface area contributed by atoms with E-state index in [1.54, 1.807) is 24.3 Å². The SMILES string of the molecule is CCCCC(=O)Oc1ccc(NC(=O)CC(C)=O)cc1. The van der Waals surface area contributed by atoms with Crippen molar-refractivity contribution in [2.24, 2.45) is 0 Å². The van der Waals surface area contributed by atoms with Gasteiger partial charge in [-0.2, -0.15) is 0 Å². The third kappa shape index (κ3) is 6.13. The van der Waals surface area contributed by atoms with Crippen LogP contribution in [0.2, 0.25) is 0 Å². The number of carbonyl (C=O) groups is 3. The predicted octanol–water partition coefficient (Wildman–Crippen LogP) is 2.70. The average molecular weight is 277 g/mol. The third-order valence-corrected chi connectivity index (χ3v) is 2.51. The lowest BCUT2D eigenvalue weighted by molar-refractivity contribution is -0.134. The highest BCUT2D eigenvalue weighted by Gasteiger charge is 2.07. The second-order valence-corrected chi connectivity index (χ2v) is 4.53. The number of esters is 1. The van der Waals surface area contributed by atoms with Crippen LogP contribution < -0.4 is 10.1 Å². The summed E-state index contributed by atoms with van der Waals surface area (Å²) in [5.41, 5.74) is 0.560. The molecule has 0 atom stereocenters. The number of unbranched alkanes of at least 4 members (excludes halogenated alkanes) is 1. The summed E-state index contributed by atoms with van der Waals surface area (Å²) in [5, 5.41) is 2.59.